The smallest absolute Gasteiger partial charge is 0.118 e. The average molecular weight is 253 g/mol. The first-order chi connectivity index (χ1) is 9.13. The number of benzene rings is 2. The molecule has 98 valence electrons. The van der Waals surface area contributed by atoms with Gasteiger partial charge < -0.3 is 10.4 Å². The summed E-state index contributed by atoms with van der Waals surface area (Å²) in [5.74, 6) is 0.355. The lowest BCUT2D eigenvalue weighted by Crippen LogP contribution is -2.07. The van der Waals surface area contributed by atoms with Crippen molar-refractivity contribution in [3.63, 3.8) is 0 Å². The molecule has 0 radical (unpaired) electrons. The van der Waals surface area contributed by atoms with Crippen LogP contribution in [0.15, 0.2) is 36.4 Å². The summed E-state index contributed by atoms with van der Waals surface area (Å²) in [5.41, 5.74) is 6.18. The lowest BCUT2D eigenvalue weighted by Gasteiger charge is -2.16. The first-order valence-corrected chi connectivity index (χ1v) is 6.79. The number of hydrogen-bond acceptors (Lipinski definition) is 2. The van der Waals surface area contributed by atoms with Gasteiger partial charge in [0.25, 0.3) is 0 Å². The maximum atomic E-state index is 9.57. The average Bonchev–Trinajstić information content (AvgIpc) is 2.77. The predicted octanol–water partition coefficient (Wildman–Crippen LogP) is 4.11. The van der Waals surface area contributed by atoms with Crippen LogP contribution in [0.25, 0.3) is 0 Å². The molecule has 1 aliphatic carbocycles. The number of phenolic OH excluding ortho intramolecular Hbond substituents is 1. The van der Waals surface area contributed by atoms with Crippen molar-refractivity contribution in [2.75, 3.05) is 5.32 Å². The van der Waals surface area contributed by atoms with Gasteiger partial charge in [0.2, 0.25) is 0 Å². The van der Waals surface area contributed by atoms with E-state index in [-0.39, 0.29) is 0 Å². The molecular weight excluding hydrogens is 234 g/mol. The molecule has 0 aliphatic heterocycles. The largest absolute Gasteiger partial charge is 0.508 e. The summed E-state index contributed by atoms with van der Waals surface area (Å²) in [6.07, 6.45) is 2.28. The first kappa shape index (κ1) is 12.1. The summed E-state index contributed by atoms with van der Waals surface area (Å²) in [5, 5.41) is 13.2. The summed E-state index contributed by atoms with van der Waals surface area (Å²) in [7, 11) is 0. The van der Waals surface area contributed by atoms with Crippen molar-refractivity contribution >= 4 is 5.69 Å². The van der Waals surface area contributed by atoms with Crippen LogP contribution in [-0.4, -0.2) is 5.11 Å². The van der Waals surface area contributed by atoms with E-state index < -0.39 is 0 Å². The maximum absolute atomic E-state index is 9.57. The van der Waals surface area contributed by atoms with Gasteiger partial charge in [-0.1, -0.05) is 23.8 Å². The molecule has 0 fully saturated rings. The molecule has 0 saturated carbocycles. The molecule has 0 bridgehead atoms. The van der Waals surface area contributed by atoms with Crippen molar-refractivity contribution in [1.82, 2.24) is 0 Å². The van der Waals surface area contributed by atoms with E-state index in [0.29, 0.717) is 11.8 Å². The Morgan fingerprint density at radius 2 is 1.95 bits per heavy atom. The molecule has 2 aromatic carbocycles. The molecule has 0 amide bonds. The van der Waals surface area contributed by atoms with Gasteiger partial charge in [0.15, 0.2) is 0 Å². The van der Waals surface area contributed by atoms with Gasteiger partial charge in [-0.2, -0.15) is 0 Å². The molecule has 0 saturated heterocycles. The number of rotatable bonds is 2. The molecule has 0 aromatic heterocycles. The molecule has 1 atom stereocenters. The molecule has 1 aliphatic rings. The lowest BCUT2D eigenvalue weighted by atomic mass is 10.0. The van der Waals surface area contributed by atoms with E-state index >= 15 is 0 Å². The fourth-order valence-corrected chi connectivity index (χ4v) is 2.82. The molecule has 2 heteroatoms. The molecule has 0 spiro atoms. The summed E-state index contributed by atoms with van der Waals surface area (Å²) in [6, 6.07) is 12.8. The summed E-state index contributed by atoms with van der Waals surface area (Å²) >= 11 is 0. The quantitative estimate of drug-likeness (QED) is 0.789. The van der Waals surface area contributed by atoms with Crippen molar-refractivity contribution < 1.29 is 5.11 Å². The van der Waals surface area contributed by atoms with Crippen molar-refractivity contribution in [3.05, 3.63) is 58.7 Å². The Morgan fingerprint density at radius 3 is 2.74 bits per heavy atom. The standard InChI is InChI=1S/C17H19NO/c1-11-3-4-13-5-7-16(15(13)9-11)18-14-6-8-17(19)12(2)10-14/h3-4,6,8-10,16,18-19H,5,7H2,1-2H3. The van der Waals surface area contributed by atoms with Gasteiger partial charge in [0, 0.05) is 5.69 Å². The van der Waals surface area contributed by atoms with Crippen LogP contribution in [0.4, 0.5) is 5.69 Å². The third-order valence-electron chi connectivity index (χ3n) is 3.92. The molecular formula is C17H19NO. The molecule has 0 heterocycles. The third-order valence-corrected chi connectivity index (χ3v) is 3.92. The Hall–Kier alpha value is -1.96. The highest BCUT2D eigenvalue weighted by Gasteiger charge is 2.22. The Kier molecular flexibility index (Phi) is 2.94. The number of phenols is 1. The van der Waals surface area contributed by atoms with Gasteiger partial charge in [-0.15, -0.1) is 0 Å². The predicted molar refractivity (Wildman–Crippen MR) is 78.7 cm³/mol. The summed E-state index contributed by atoms with van der Waals surface area (Å²) in [6.45, 7) is 4.06. The Balaban J connectivity index is 1.86. The SMILES string of the molecule is Cc1ccc2c(c1)C(Nc1ccc(O)c(C)c1)CC2. The molecule has 19 heavy (non-hydrogen) atoms. The van der Waals surface area contributed by atoms with Gasteiger partial charge in [-0.3, -0.25) is 0 Å². The summed E-state index contributed by atoms with van der Waals surface area (Å²) in [4.78, 5) is 0. The van der Waals surface area contributed by atoms with Crippen LogP contribution in [0.1, 0.15) is 34.7 Å². The minimum absolute atomic E-state index is 0.355. The van der Waals surface area contributed by atoms with Crippen molar-refractivity contribution in [2.45, 2.75) is 32.7 Å². The van der Waals surface area contributed by atoms with E-state index in [4.69, 9.17) is 0 Å². The zero-order chi connectivity index (χ0) is 13.4. The van der Waals surface area contributed by atoms with Crippen LogP contribution in [0.5, 0.6) is 5.75 Å². The van der Waals surface area contributed by atoms with E-state index in [1.54, 1.807) is 6.07 Å². The minimum Gasteiger partial charge on any atom is -0.508 e. The number of hydrogen-bond donors (Lipinski definition) is 2. The number of fused-ring (bicyclic) bond motifs is 1. The van der Waals surface area contributed by atoms with Crippen molar-refractivity contribution in [3.8, 4) is 5.75 Å². The Morgan fingerprint density at radius 1 is 1.11 bits per heavy atom. The highest BCUT2D eigenvalue weighted by Crippen LogP contribution is 2.35. The first-order valence-electron chi connectivity index (χ1n) is 6.79. The van der Waals surface area contributed by atoms with Crippen LogP contribution in [-0.2, 0) is 6.42 Å². The number of anilines is 1. The van der Waals surface area contributed by atoms with Crippen LogP contribution >= 0.6 is 0 Å². The van der Waals surface area contributed by atoms with E-state index in [0.717, 1.165) is 24.1 Å². The topological polar surface area (TPSA) is 32.3 Å². The third kappa shape index (κ3) is 2.30. The monoisotopic (exact) mass is 253 g/mol. The number of aromatic hydroxyl groups is 1. The minimum atomic E-state index is 0.355. The van der Waals surface area contributed by atoms with Crippen molar-refractivity contribution in [1.29, 1.82) is 0 Å². The van der Waals surface area contributed by atoms with Gasteiger partial charge >= 0.3 is 0 Å². The van der Waals surface area contributed by atoms with Gasteiger partial charge in [0.1, 0.15) is 5.75 Å². The maximum Gasteiger partial charge on any atom is 0.118 e. The fourth-order valence-electron chi connectivity index (χ4n) is 2.82. The van der Waals surface area contributed by atoms with E-state index in [9.17, 15) is 5.11 Å². The zero-order valence-electron chi connectivity index (χ0n) is 11.4. The van der Waals surface area contributed by atoms with Crippen molar-refractivity contribution in [2.24, 2.45) is 0 Å². The van der Waals surface area contributed by atoms with Gasteiger partial charge in [-0.25, -0.2) is 0 Å². The van der Waals surface area contributed by atoms with E-state index in [1.807, 2.05) is 19.1 Å². The Bertz CT molecular complexity index is 619. The van der Waals surface area contributed by atoms with Gasteiger partial charge in [0.05, 0.1) is 6.04 Å². The molecule has 1 unspecified atom stereocenters. The highest BCUT2D eigenvalue weighted by atomic mass is 16.3. The molecule has 2 nitrogen and oxygen atoms in total. The zero-order valence-corrected chi connectivity index (χ0v) is 11.4. The van der Waals surface area contributed by atoms with Crippen LogP contribution in [0.2, 0.25) is 0 Å². The van der Waals surface area contributed by atoms with Crippen LogP contribution in [0.3, 0.4) is 0 Å². The van der Waals surface area contributed by atoms with Gasteiger partial charge in [-0.05, 0) is 61.6 Å². The number of nitrogens with one attached hydrogen (secondary N) is 1. The lowest BCUT2D eigenvalue weighted by molar-refractivity contribution is 0.471. The Labute approximate surface area is 114 Å². The normalized spacial score (nSPS) is 17.3. The van der Waals surface area contributed by atoms with E-state index in [1.165, 1.54) is 16.7 Å². The fraction of sp³-hybridized carbons (Fsp3) is 0.294. The van der Waals surface area contributed by atoms with Crippen LogP contribution in [0, 0.1) is 13.8 Å². The molecule has 2 aromatic rings. The second-order valence-corrected chi connectivity index (χ2v) is 5.44. The molecule has 3 rings (SSSR count). The summed E-state index contributed by atoms with van der Waals surface area (Å²) < 4.78 is 0. The van der Waals surface area contributed by atoms with Crippen LogP contribution < -0.4 is 5.32 Å². The molecule has 2 N–H and O–H groups in total. The second-order valence-electron chi connectivity index (χ2n) is 5.44. The number of aryl methyl sites for hydroxylation is 3. The highest BCUT2D eigenvalue weighted by molar-refractivity contribution is 5.53. The second kappa shape index (κ2) is 4.61. The van der Waals surface area contributed by atoms with E-state index in [2.05, 4.69) is 30.4 Å².